The Bertz CT molecular complexity index is 654. The molecular weight excluding hydrogens is 308 g/mol. The van der Waals surface area contributed by atoms with Crippen LogP contribution in [0, 0.1) is 10.1 Å². The molecule has 1 fully saturated rings. The van der Waals surface area contributed by atoms with Crippen molar-refractivity contribution < 1.29 is 13.3 Å². The van der Waals surface area contributed by atoms with Gasteiger partial charge < -0.3 is 10.2 Å². The average molecular weight is 328 g/mol. The molecule has 22 heavy (non-hydrogen) atoms. The van der Waals surface area contributed by atoms with Gasteiger partial charge in [-0.1, -0.05) is 0 Å². The fourth-order valence-corrected chi connectivity index (χ4v) is 3.57. The lowest BCUT2D eigenvalue weighted by molar-refractivity contribution is -0.383. The number of hydrogen-bond donors (Lipinski definition) is 1. The maximum Gasteiger partial charge on any atom is 0.292 e. The van der Waals surface area contributed by atoms with E-state index in [9.17, 15) is 18.5 Å². The number of nitrogens with one attached hydrogen (secondary N) is 1. The predicted molar refractivity (Wildman–Crippen MR) is 85.9 cm³/mol. The minimum Gasteiger partial charge on any atom is -0.383 e. The molecule has 1 saturated heterocycles. The summed E-state index contributed by atoms with van der Waals surface area (Å²) in [6.07, 6.45) is 0. The van der Waals surface area contributed by atoms with Gasteiger partial charge in [0.2, 0.25) is 10.0 Å². The maximum atomic E-state index is 11.8. The zero-order valence-electron chi connectivity index (χ0n) is 12.7. The Kier molecular flexibility index (Phi) is 4.87. The molecule has 2 rings (SSSR count). The van der Waals surface area contributed by atoms with Crippen LogP contribution in [0.4, 0.5) is 17.1 Å². The highest BCUT2D eigenvalue weighted by Crippen LogP contribution is 2.29. The van der Waals surface area contributed by atoms with Crippen LogP contribution in [-0.4, -0.2) is 56.6 Å². The maximum absolute atomic E-state index is 11.8. The van der Waals surface area contributed by atoms with E-state index in [1.165, 1.54) is 10.4 Å². The summed E-state index contributed by atoms with van der Waals surface area (Å²) in [5.41, 5.74) is 1.33. The molecular formula is C13H20N4O4S. The summed E-state index contributed by atoms with van der Waals surface area (Å²) in [4.78, 5) is 12.5. The van der Waals surface area contributed by atoms with Crippen LogP contribution in [0.1, 0.15) is 6.92 Å². The molecule has 0 amide bonds. The quantitative estimate of drug-likeness (QED) is 0.642. The zero-order chi connectivity index (χ0) is 16.3. The Labute approximate surface area is 129 Å². The lowest BCUT2D eigenvalue weighted by Gasteiger charge is -2.35. The fraction of sp³-hybridized carbons (Fsp3) is 0.538. The van der Waals surface area contributed by atoms with E-state index in [1.54, 1.807) is 26.1 Å². The summed E-state index contributed by atoms with van der Waals surface area (Å²) in [5.74, 6) is 0.106. The Hall–Kier alpha value is -1.87. The van der Waals surface area contributed by atoms with Crippen LogP contribution < -0.4 is 10.2 Å². The minimum atomic E-state index is -3.15. The molecule has 8 nitrogen and oxygen atoms in total. The summed E-state index contributed by atoms with van der Waals surface area (Å²) in [6, 6.07) is 4.89. The van der Waals surface area contributed by atoms with Crippen molar-refractivity contribution in [2.24, 2.45) is 0 Å². The van der Waals surface area contributed by atoms with E-state index in [4.69, 9.17) is 0 Å². The summed E-state index contributed by atoms with van der Waals surface area (Å²) in [5, 5.41) is 13.8. The molecule has 1 heterocycles. The van der Waals surface area contributed by atoms with Gasteiger partial charge in [0.1, 0.15) is 5.69 Å². The molecule has 1 aliphatic rings. The molecule has 1 N–H and O–H groups in total. The van der Waals surface area contributed by atoms with Crippen molar-refractivity contribution in [3.63, 3.8) is 0 Å². The first kappa shape index (κ1) is 16.5. The lowest BCUT2D eigenvalue weighted by Crippen LogP contribution is -2.49. The van der Waals surface area contributed by atoms with Crippen LogP contribution in [0.2, 0.25) is 0 Å². The lowest BCUT2D eigenvalue weighted by atomic mass is 10.2. The van der Waals surface area contributed by atoms with Crippen molar-refractivity contribution >= 4 is 27.1 Å². The molecule has 0 radical (unpaired) electrons. The summed E-state index contributed by atoms with van der Waals surface area (Å²) in [6.45, 7) is 3.64. The summed E-state index contributed by atoms with van der Waals surface area (Å²) in [7, 11) is -1.52. The van der Waals surface area contributed by atoms with Gasteiger partial charge in [-0.05, 0) is 19.1 Å². The highest BCUT2D eigenvalue weighted by atomic mass is 32.2. The van der Waals surface area contributed by atoms with E-state index < -0.39 is 14.9 Å². The number of sulfonamides is 1. The van der Waals surface area contributed by atoms with Crippen molar-refractivity contribution in [1.82, 2.24) is 4.31 Å². The van der Waals surface area contributed by atoms with Crippen molar-refractivity contribution in [3.05, 3.63) is 28.3 Å². The second-order valence-corrected chi connectivity index (χ2v) is 7.25. The monoisotopic (exact) mass is 328 g/mol. The Morgan fingerprint density at radius 3 is 2.41 bits per heavy atom. The van der Waals surface area contributed by atoms with E-state index in [2.05, 4.69) is 5.32 Å². The van der Waals surface area contributed by atoms with Crippen molar-refractivity contribution in [3.8, 4) is 0 Å². The number of nitro groups is 1. The molecule has 122 valence electrons. The summed E-state index contributed by atoms with van der Waals surface area (Å²) < 4.78 is 25.2. The zero-order valence-corrected chi connectivity index (χ0v) is 13.5. The molecule has 0 aliphatic carbocycles. The van der Waals surface area contributed by atoms with Crippen LogP contribution >= 0.6 is 0 Å². The molecule has 1 aromatic carbocycles. The van der Waals surface area contributed by atoms with Gasteiger partial charge >= 0.3 is 0 Å². The Morgan fingerprint density at radius 1 is 1.27 bits per heavy atom. The third-order valence-corrected chi connectivity index (χ3v) is 5.69. The summed E-state index contributed by atoms with van der Waals surface area (Å²) >= 11 is 0. The van der Waals surface area contributed by atoms with E-state index in [0.717, 1.165) is 5.69 Å². The van der Waals surface area contributed by atoms with Crippen molar-refractivity contribution in [2.45, 2.75) is 6.92 Å². The molecule has 9 heteroatoms. The number of hydrogen-bond acceptors (Lipinski definition) is 6. The first-order chi connectivity index (χ1) is 10.4. The number of benzene rings is 1. The molecule has 0 bridgehead atoms. The number of nitrogens with zero attached hydrogens (tertiary/aromatic N) is 3. The van der Waals surface area contributed by atoms with Gasteiger partial charge in [0, 0.05) is 45.0 Å². The van der Waals surface area contributed by atoms with Crippen molar-refractivity contribution in [1.29, 1.82) is 0 Å². The normalized spacial score (nSPS) is 16.5. The van der Waals surface area contributed by atoms with E-state index in [1.807, 2.05) is 4.90 Å². The molecule has 1 aliphatic heterocycles. The number of anilines is 2. The van der Waals surface area contributed by atoms with Crippen LogP contribution in [0.3, 0.4) is 0 Å². The molecule has 1 aromatic rings. The Morgan fingerprint density at radius 2 is 1.91 bits per heavy atom. The molecule has 0 spiro atoms. The predicted octanol–water partition coefficient (Wildman–Crippen LogP) is 1.11. The molecule has 0 unspecified atom stereocenters. The van der Waals surface area contributed by atoms with Gasteiger partial charge in [0.25, 0.3) is 5.69 Å². The smallest absolute Gasteiger partial charge is 0.292 e. The highest BCUT2D eigenvalue weighted by Gasteiger charge is 2.26. The van der Waals surface area contributed by atoms with Gasteiger partial charge in [0.15, 0.2) is 0 Å². The van der Waals surface area contributed by atoms with Crippen molar-refractivity contribution in [2.75, 3.05) is 49.2 Å². The first-order valence-corrected chi connectivity index (χ1v) is 8.69. The van der Waals surface area contributed by atoms with Crippen LogP contribution in [0.15, 0.2) is 18.2 Å². The molecule has 0 saturated carbocycles. The van der Waals surface area contributed by atoms with E-state index >= 15 is 0 Å². The first-order valence-electron chi connectivity index (χ1n) is 7.08. The van der Waals surface area contributed by atoms with Crippen LogP contribution in [0.25, 0.3) is 0 Å². The van der Waals surface area contributed by atoms with Crippen LogP contribution in [0.5, 0.6) is 0 Å². The van der Waals surface area contributed by atoms with Gasteiger partial charge in [-0.2, -0.15) is 4.31 Å². The minimum absolute atomic E-state index is 0.0263. The second-order valence-electron chi connectivity index (χ2n) is 5.00. The Balaban J connectivity index is 2.13. The van der Waals surface area contributed by atoms with Gasteiger partial charge in [-0.15, -0.1) is 0 Å². The molecule has 0 aromatic heterocycles. The number of rotatable bonds is 5. The van der Waals surface area contributed by atoms with Gasteiger partial charge in [-0.25, -0.2) is 8.42 Å². The third kappa shape index (κ3) is 3.30. The number of piperazine rings is 1. The SMILES string of the molecule is CCS(=O)(=O)N1CCN(c2ccc([N+](=O)[O-])c(NC)c2)CC1. The molecule has 0 atom stereocenters. The van der Waals surface area contributed by atoms with E-state index in [0.29, 0.717) is 31.9 Å². The largest absolute Gasteiger partial charge is 0.383 e. The van der Waals surface area contributed by atoms with Crippen LogP contribution in [-0.2, 0) is 10.0 Å². The second kappa shape index (κ2) is 6.49. The van der Waals surface area contributed by atoms with E-state index in [-0.39, 0.29) is 11.4 Å². The topological polar surface area (TPSA) is 95.8 Å². The van der Waals surface area contributed by atoms with Gasteiger partial charge in [0.05, 0.1) is 10.7 Å². The average Bonchev–Trinajstić information content (AvgIpc) is 2.54. The van der Waals surface area contributed by atoms with Gasteiger partial charge in [-0.3, -0.25) is 10.1 Å². The highest BCUT2D eigenvalue weighted by molar-refractivity contribution is 7.89. The fourth-order valence-electron chi connectivity index (χ4n) is 2.49. The number of nitro benzene ring substituents is 1. The standard InChI is InChI=1S/C13H20N4O4S/c1-3-22(20,21)16-8-6-15(7-9-16)11-4-5-13(17(18)19)12(10-11)14-2/h4-5,10,14H,3,6-9H2,1-2H3. The third-order valence-electron chi connectivity index (χ3n) is 3.81.